The summed E-state index contributed by atoms with van der Waals surface area (Å²) in [5.41, 5.74) is 11.8. The predicted molar refractivity (Wildman–Crippen MR) is 194 cm³/mol. The molecule has 7 rings (SSSR count). The number of halogens is 1. The summed E-state index contributed by atoms with van der Waals surface area (Å²) in [4.78, 5) is 38.7. The van der Waals surface area contributed by atoms with Crippen molar-refractivity contribution < 1.29 is 14.3 Å². The molecule has 2 fully saturated rings. The number of nitrogens with one attached hydrogen (secondary N) is 1. The molecule has 11 heteroatoms. The molecule has 0 atom stereocenters. The van der Waals surface area contributed by atoms with Crippen LogP contribution in [0.15, 0.2) is 78.2 Å². The Labute approximate surface area is 289 Å². The fourth-order valence-electron chi connectivity index (χ4n) is 6.67. The predicted octanol–water partition coefficient (Wildman–Crippen LogP) is 5.25. The number of amides is 1. The third-order valence-electron chi connectivity index (χ3n) is 9.84. The first-order valence-corrected chi connectivity index (χ1v) is 16.8. The van der Waals surface area contributed by atoms with Crippen LogP contribution in [-0.2, 0) is 17.8 Å². The summed E-state index contributed by atoms with van der Waals surface area (Å²) in [5.74, 6) is 0.430. The van der Waals surface area contributed by atoms with E-state index in [0.717, 1.165) is 55.6 Å². The number of nitrogens with two attached hydrogens (primary N) is 1. The molecule has 2 aromatic heterocycles. The van der Waals surface area contributed by atoms with Crippen LogP contribution in [-0.4, -0.2) is 68.6 Å². The first kappa shape index (κ1) is 33.1. The summed E-state index contributed by atoms with van der Waals surface area (Å²) in [6, 6.07) is 18.5. The Morgan fingerprint density at radius 3 is 2.58 bits per heavy atom. The first-order chi connectivity index (χ1) is 24.1. The number of likely N-dealkylation sites (N-methyl/N-ethyl adjacent to an activating group) is 1. The van der Waals surface area contributed by atoms with Crippen LogP contribution in [0.1, 0.15) is 46.6 Å². The molecule has 256 valence electrons. The minimum atomic E-state index is -0.543. The van der Waals surface area contributed by atoms with Crippen LogP contribution in [0, 0.1) is 12.7 Å². The number of pyridine rings is 1. The van der Waals surface area contributed by atoms with Crippen LogP contribution in [0.3, 0.4) is 0 Å². The second-order valence-electron chi connectivity index (χ2n) is 13.2. The van der Waals surface area contributed by atoms with Gasteiger partial charge in [-0.05, 0) is 72.4 Å². The fraction of sp³-hybridized carbons (Fsp3) is 0.282. The molecule has 4 N–H and O–H groups in total. The Bertz CT molecular complexity index is 2190. The van der Waals surface area contributed by atoms with Crippen LogP contribution in [0.5, 0.6) is 0 Å². The second kappa shape index (κ2) is 13.5. The number of piperazine rings is 1. The Morgan fingerprint density at radius 2 is 1.86 bits per heavy atom. The number of aliphatic hydroxyl groups is 1. The average molecular weight is 674 g/mol. The van der Waals surface area contributed by atoms with E-state index < -0.39 is 18.0 Å². The van der Waals surface area contributed by atoms with Gasteiger partial charge in [0.25, 0.3) is 5.56 Å². The lowest BCUT2D eigenvalue weighted by atomic mass is 9.99. The molecule has 1 saturated carbocycles. The lowest BCUT2D eigenvalue weighted by Gasteiger charge is -2.31. The summed E-state index contributed by atoms with van der Waals surface area (Å²) in [6.07, 6.45) is 4.51. The number of hydrogen-bond donors (Lipinski definition) is 3. The molecule has 0 unspecified atom stereocenters. The van der Waals surface area contributed by atoms with Crippen LogP contribution in [0.25, 0.3) is 33.4 Å². The van der Waals surface area contributed by atoms with Crippen LogP contribution < -0.4 is 16.6 Å². The van der Waals surface area contributed by atoms with Gasteiger partial charge in [0.2, 0.25) is 11.9 Å². The normalized spacial score (nSPS) is 15.1. The van der Waals surface area contributed by atoms with E-state index in [9.17, 15) is 14.7 Å². The molecule has 3 aromatic carbocycles. The van der Waals surface area contributed by atoms with E-state index in [4.69, 9.17) is 5.73 Å². The molecule has 10 nitrogen and oxygen atoms in total. The number of nitrogen functional groups attached to an aromatic ring is 1. The smallest absolute Gasteiger partial charge is 0.265 e. The zero-order valence-electron chi connectivity index (χ0n) is 28.2. The van der Waals surface area contributed by atoms with E-state index in [1.807, 2.05) is 32.2 Å². The molecule has 0 spiro atoms. The summed E-state index contributed by atoms with van der Waals surface area (Å²) in [7, 11) is 1.84. The number of nitrogens with zero attached hydrogens (tertiary/aromatic N) is 5. The molecule has 5 aromatic rings. The highest BCUT2D eigenvalue weighted by Gasteiger charge is 2.26. The standard InChI is InChI=1S/C39H40FN7O3/c1-23-36(30-5-4-6-33(31(30)22-48)47-16-14-28-19-29(27-11-12-27)20-32(40)35(28)38(47)50)43-39(41)44-37(23)42-24(2)26-9-7-25(8-10-26)13-15-46-18-17-45(3)34(49)21-46/h4-10,14,16,19-20,27,48H,2,11-13,15,17-18,21-22H2,1,3H3,(H3,41,42,43,44). The highest BCUT2D eigenvalue weighted by atomic mass is 19.1. The van der Waals surface area contributed by atoms with Gasteiger partial charge in [0, 0.05) is 55.3 Å². The summed E-state index contributed by atoms with van der Waals surface area (Å²) in [6.45, 7) is 8.55. The number of carbonyl (C=O) groups excluding carboxylic acids is 1. The third-order valence-corrected chi connectivity index (χ3v) is 9.84. The number of fused-ring (bicyclic) bond motifs is 1. The van der Waals surface area contributed by atoms with Gasteiger partial charge in [-0.3, -0.25) is 19.1 Å². The van der Waals surface area contributed by atoms with Crippen molar-refractivity contribution in [2.75, 3.05) is 44.3 Å². The van der Waals surface area contributed by atoms with Crippen LogP contribution >= 0.6 is 0 Å². The highest BCUT2D eigenvalue weighted by molar-refractivity contribution is 5.84. The van der Waals surface area contributed by atoms with Gasteiger partial charge in [-0.2, -0.15) is 4.98 Å². The second-order valence-corrected chi connectivity index (χ2v) is 13.2. The number of aromatic nitrogens is 3. The molecule has 1 amide bonds. The number of hydrogen-bond acceptors (Lipinski definition) is 8. The minimum Gasteiger partial charge on any atom is -0.392 e. The van der Waals surface area contributed by atoms with E-state index in [1.165, 1.54) is 10.6 Å². The number of aliphatic hydroxyl groups excluding tert-OH is 1. The number of carbonyl (C=O) groups is 1. The van der Waals surface area contributed by atoms with Gasteiger partial charge in [-0.1, -0.05) is 49.0 Å². The van der Waals surface area contributed by atoms with Gasteiger partial charge in [0.1, 0.15) is 11.6 Å². The van der Waals surface area contributed by atoms with Crippen molar-refractivity contribution in [3.05, 3.63) is 117 Å². The highest BCUT2D eigenvalue weighted by Crippen LogP contribution is 2.41. The van der Waals surface area contributed by atoms with Crippen molar-refractivity contribution >= 4 is 34.1 Å². The summed E-state index contributed by atoms with van der Waals surface area (Å²) >= 11 is 0. The Morgan fingerprint density at radius 1 is 1.08 bits per heavy atom. The zero-order valence-corrected chi connectivity index (χ0v) is 28.2. The largest absolute Gasteiger partial charge is 0.392 e. The van der Waals surface area contributed by atoms with Crippen molar-refractivity contribution in [3.8, 4) is 16.9 Å². The Balaban J connectivity index is 1.14. The Hall–Kier alpha value is -5.39. The molecule has 0 bridgehead atoms. The van der Waals surface area contributed by atoms with E-state index >= 15 is 4.39 Å². The maximum Gasteiger partial charge on any atom is 0.265 e. The maximum atomic E-state index is 15.3. The van der Waals surface area contributed by atoms with Crippen molar-refractivity contribution in [2.24, 2.45) is 0 Å². The molecule has 1 aliphatic heterocycles. The fourth-order valence-corrected chi connectivity index (χ4v) is 6.67. The lowest BCUT2D eigenvalue weighted by Crippen LogP contribution is -2.48. The van der Waals surface area contributed by atoms with Crippen molar-refractivity contribution in [1.82, 2.24) is 24.3 Å². The zero-order chi connectivity index (χ0) is 35.1. The van der Waals surface area contributed by atoms with Gasteiger partial charge in [-0.15, -0.1) is 0 Å². The average Bonchev–Trinajstić information content (AvgIpc) is 3.96. The van der Waals surface area contributed by atoms with Crippen LogP contribution in [0.4, 0.5) is 16.2 Å². The molecule has 50 heavy (non-hydrogen) atoms. The first-order valence-electron chi connectivity index (χ1n) is 16.8. The summed E-state index contributed by atoms with van der Waals surface area (Å²) < 4.78 is 16.7. The third kappa shape index (κ3) is 6.49. The van der Waals surface area contributed by atoms with E-state index in [1.54, 1.807) is 35.4 Å². The molecule has 1 saturated heterocycles. The van der Waals surface area contributed by atoms with Gasteiger partial charge in [0.05, 0.1) is 29.9 Å². The molecule has 1 aliphatic carbocycles. The quantitative estimate of drug-likeness (QED) is 0.184. The molecule has 0 radical (unpaired) electrons. The van der Waals surface area contributed by atoms with E-state index in [0.29, 0.717) is 57.4 Å². The monoisotopic (exact) mass is 673 g/mol. The molecule has 2 aliphatic rings. The molecular weight excluding hydrogens is 633 g/mol. The Kier molecular flexibility index (Phi) is 8.94. The maximum absolute atomic E-state index is 15.3. The SMILES string of the molecule is C=C(Nc1nc(N)nc(-c2cccc(-n3ccc4cc(C5CC5)cc(F)c4c3=O)c2CO)c1C)c1ccc(CCN2CCN(C)C(=O)C2)cc1. The topological polar surface area (TPSA) is 130 Å². The van der Waals surface area contributed by atoms with E-state index in [2.05, 4.69) is 38.9 Å². The van der Waals surface area contributed by atoms with Gasteiger partial charge < -0.3 is 21.1 Å². The van der Waals surface area contributed by atoms with Crippen LogP contribution in [0.2, 0.25) is 0 Å². The molecule has 3 heterocycles. The van der Waals surface area contributed by atoms with Crippen molar-refractivity contribution in [3.63, 3.8) is 0 Å². The van der Waals surface area contributed by atoms with Crippen molar-refractivity contribution in [2.45, 2.75) is 38.7 Å². The van der Waals surface area contributed by atoms with Gasteiger partial charge in [-0.25, -0.2) is 9.37 Å². The summed E-state index contributed by atoms with van der Waals surface area (Å²) in [5, 5.41) is 14.5. The van der Waals surface area contributed by atoms with Gasteiger partial charge in [0.15, 0.2) is 0 Å². The van der Waals surface area contributed by atoms with E-state index in [-0.39, 0.29) is 17.2 Å². The number of rotatable bonds is 10. The number of anilines is 2. The molecular formula is C39H40FN7O3. The lowest BCUT2D eigenvalue weighted by molar-refractivity contribution is -0.134. The van der Waals surface area contributed by atoms with Gasteiger partial charge >= 0.3 is 0 Å². The van der Waals surface area contributed by atoms with Crippen molar-refractivity contribution in [1.29, 1.82) is 0 Å². The minimum absolute atomic E-state index is 0.0122. The number of benzene rings is 3.